The molecule has 0 aromatic heterocycles. The van der Waals surface area contributed by atoms with Gasteiger partial charge in [-0.2, -0.15) is 11.8 Å². The first-order valence-corrected chi connectivity index (χ1v) is 9.05. The van der Waals surface area contributed by atoms with Crippen LogP contribution in [0.15, 0.2) is 0 Å². The molecule has 2 unspecified atom stereocenters. The number of piperazine rings is 1. The van der Waals surface area contributed by atoms with Gasteiger partial charge in [0.15, 0.2) is 0 Å². The Balaban J connectivity index is 2.02. The van der Waals surface area contributed by atoms with Crippen LogP contribution in [0.3, 0.4) is 0 Å². The third-order valence-electron chi connectivity index (χ3n) is 5.20. The van der Waals surface area contributed by atoms with E-state index in [2.05, 4.69) is 42.1 Å². The van der Waals surface area contributed by atoms with Crippen LogP contribution in [-0.2, 0) is 0 Å². The summed E-state index contributed by atoms with van der Waals surface area (Å²) in [5.74, 6) is 0. The molecule has 3 heteroatoms. The summed E-state index contributed by atoms with van der Waals surface area (Å²) in [6, 6.07) is 0.841. The fraction of sp³-hybridized carbons (Fsp3) is 1.00. The summed E-state index contributed by atoms with van der Waals surface area (Å²) in [7, 11) is 0. The van der Waals surface area contributed by atoms with E-state index in [-0.39, 0.29) is 0 Å². The summed E-state index contributed by atoms with van der Waals surface area (Å²) < 4.78 is 0. The number of hydrogen-bond donors (Lipinski definition) is 1. The lowest BCUT2D eigenvalue weighted by Gasteiger charge is -2.48. The van der Waals surface area contributed by atoms with Gasteiger partial charge in [-0.3, -0.25) is 4.90 Å². The smallest absolute Gasteiger partial charge is 0.0304 e. The monoisotopic (exact) mass is 270 g/mol. The molecule has 2 atom stereocenters. The van der Waals surface area contributed by atoms with Gasteiger partial charge in [0.1, 0.15) is 0 Å². The molecule has 0 aromatic carbocycles. The molecule has 1 aliphatic heterocycles. The third-order valence-corrected chi connectivity index (χ3v) is 6.35. The van der Waals surface area contributed by atoms with Crippen LogP contribution in [0.4, 0.5) is 0 Å². The molecule has 1 heterocycles. The van der Waals surface area contributed by atoms with Gasteiger partial charge in [0.05, 0.1) is 0 Å². The first-order chi connectivity index (χ1) is 8.74. The van der Waals surface area contributed by atoms with E-state index in [1.807, 2.05) is 0 Å². The summed E-state index contributed by atoms with van der Waals surface area (Å²) in [5.41, 5.74) is 0.388. The SMILES string of the molecule is CCC1(CC)CN(C2CCCCC2SC)CCN1. The average molecular weight is 270 g/mol. The first kappa shape index (κ1) is 14.7. The molecule has 0 spiro atoms. The normalized spacial score (nSPS) is 33.5. The summed E-state index contributed by atoms with van der Waals surface area (Å²) in [6.07, 6.45) is 10.6. The zero-order valence-corrected chi connectivity index (χ0v) is 13.2. The molecule has 2 fully saturated rings. The van der Waals surface area contributed by atoms with Crippen LogP contribution in [0, 0.1) is 0 Å². The number of rotatable bonds is 4. The fourth-order valence-electron chi connectivity index (χ4n) is 3.76. The number of nitrogens with zero attached hydrogens (tertiary/aromatic N) is 1. The van der Waals surface area contributed by atoms with Crippen LogP contribution >= 0.6 is 11.8 Å². The molecule has 1 N–H and O–H groups in total. The van der Waals surface area contributed by atoms with Crippen molar-refractivity contribution in [2.75, 3.05) is 25.9 Å². The van der Waals surface area contributed by atoms with E-state index in [9.17, 15) is 0 Å². The van der Waals surface area contributed by atoms with Crippen molar-refractivity contribution in [1.82, 2.24) is 10.2 Å². The molecule has 18 heavy (non-hydrogen) atoms. The van der Waals surface area contributed by atoms with Crippen LogP contribution in [0.1, 0.15) is 52.4 Å². The third kappa shape index (κ3) is 3.05. The first-order valence-electron chi connectivity index (χ1n) is 7.76. The van der Waals surface area contributed by atoms with Gasteiger partial charge < -0.3 is 5.32 Å². The highest BCUT2D eigenvalue weighted by Crippen LogP contribution is 2.33. The average Bonchev–Trinajstić information content (AvgIpc) is 2.47. The molecule has 2 nitrogen and oxygen atoms in total. The van der Waals surface area contributed by atoms with E-state index in [0.717, 1.165) is 11.3 Å². The van der Waals surface area contributed by atoms with Gasteiger partial charge in [0, 0.05) is 36.5 Å². The molecular formula is C15H30N2S. The predicted octanol–water partition coefficient (Wildman–Crippen LogP) is 3.12. The van der Waals surface area contributed by atoms with Crippen LogP contribution < -0.4 is 5.32 Å². The van der Waals surface area contributed by atoms with Crippen molar-refractivity contribution >= 4 is 11.8 Å². The van der Waals surface area contributed by atoms with Crippen molar-refractivity contribution in [3.63, 3.8) is 0 Å². The van der Waals surface area contributed by atoms with Crippen LogP contribution in [0.25, 0.3) is 0 Å². The molecule has 0 radical (unpaired) electrons. The zero-order chi connectivity index (χ0) is 13.0. The van der Waals surface area contributed by atoms with Crippen LogP contribution in [-0.4, -0.2) is 47.6 Å². The largest absolute Gasteiger partial charge is 0.309 e. The molecule has 1 saturated heterocycles. The van der Waals surface area contributed by atoms with Crippen molar-refractivity contribution in [1.29, 1.82) is 0 Å². The van der Waals surface area contributed by atoms with Crippen molar-refractivity contribution in [3.8, 4) is 0 Å². The van der Waals surface area contributed by atoms with Gasteiger partial charge in [0.2, 0.25) is 0 Å². The van der Waals surface area contributed by atoms with Crippen molar-refractivity contribution in [2.24, 2.45) is 0 Å². The Morgan fingerprint density at radius 1 is 1.22 bits per heavy atom. The Bertz CT molecular complexity index is 253. The molecule has 0 aromatic rings. The van der Waals surface area contributed by atoms with Crippen molar-refractivity contribution < 1.29 is 0 Å². The molecular weight excluding hydrogens is 240 g/mol. The summed E-state index contributed by atoms with van der Waals surface area (Å²) >= 11 is 2.10. The molecule has 0 amide bonds. The molecule has 106 valence electrons. The topological polar surface area (TPSA) is 15.3 Å². The van der Waals surface area contributed by atoms with E-state index in [1.165, 1.54) is 58.2 Å². The maximum absolute atomic E-state index is 3.79. The standard InChI is InChI=1S/C15H30N2S/c1-4-15(5-2)12-17(11-10-16-15)13-8-6-7-9-14(13)18-3/h13-14,16H,4-12H2,1-3H3. The summed E-state index contributed by atoms with van der Waals surface area (Å²) in [5, 5.41) is 4.66. The van der Waals surface area contributed by atoms with E-state index < -0.39 is 0 Å². The second-order valence-electron chi connectivity index (χ2n) is 6.01. The summed E-state index contributed by atoms with van der Waals surface area (Å²) in [6.45, 7) is 8.38. The lowest BCUT2D eigenvalue weighted by Crippen LogP contribution is -2.63. The van der Waals surface area contributed by atoms with Crippen LogP contribution in [0.5, 0.6) is 0 Å². The van der Waals surface area contributed by atoms with Gasteiger partial charge in [0.25, 0.3) is 0 Å². The van der Waals surface area contributed by atoms with Crippen LogP contribution in [0.2, 0.25) is 0 Å². The van der Waals surface area contributed by atoms with E-state index in [4.69, 9.17) is 0 Å². The maximum atomic E-state index is 3.79. The van der Waals surface area contributed by atoms with E-state index in [0.29, 0.717) is 5.54 Å². The lowest BCUT2D eigenvalue weighted by atomic mass is 9.87. The molecule has 1 saturated carbocycles. The second kappa shape index (κ2) is 6.62. The highest BCUT2D eigenvalue weighted by molar-refractivity contribution is 7.99. The zero-order valence-electron chi connectivity index (χ0n) is 12.4. The lowest BCUT2D eigenvalue weighted by molar-refractivity contribution is 0.0718. The molecule has 0 bridgehead atoms. The minimum Gasteiger partial charge on any atom is -0.309 e. The summed E-state index contributed by atoms with van der Waals surface area (Å²) in [4.78, 5) is 2.81. The van der Waals surface area contributed by atoms with E-state index >= 15 is 0 Å². The highest BCUT2D eigenvalue weighted by atomic mass is 32.2. The molecule has 2 aliphatic rings. The Morgan fingerprint density at radius 3 is 2.61 bits per heavy atom. The second-order valence-corrected chi connectivity index (χ2v) is 7.09. The van der Waals surface area contributed by atoms with Gasteiger partial charge in [-0.25, -0.2) is 0 Å². The van der Waals surface area contributed by atoms with Gasteiger partial charge in [-0.1, -0.05) is 26.7 Å². The Hall–Kier alpha value is 0.270. The quantitative estimate of drug-likeness (QED) is 0.845. The van der Waals surface area contributed by atoms with E-state index in [1.54, 1.807) is 0 Å². The number of hydrogen-bond acceptors (Lipinski definition) is 3. The van der Waals surface area contributed by atoms with Gasteiger partial charge >= 0.3 is 0 Å². The maximum Gasteiger partial charge on any atom is 0.0304 e. The predicted molar refractivity (Wildman–Crippen MR) is 82.4 cm³/mol. The molecule has 2 rings (SSSR count). The number of thioether (sulfide) groups is 1. The van der Waals surface area contributed by atoms with Gasteiger partial charge in [-0.15, -0.1) is 0 Å². The van der Waals surface area contributed by atoms with Gasteiger partial charge in [-0.05, 0) is 31.9 Å². The fourth-order valence-corrected chi connectivity index (χ4v) is 4.79. The Labute approximate surface area is 117 Å². The van der Waals surface area contributed by atoms with Crippen molar-refractivity contribution in [2.45, 2.75) is 69.2 Å². The Kier molecular flexibility index (Phi) is 5.40. The highest BCUT2D eigenvalue weighted by Gasteiger charge is 2.37. The molecule has 1 aliphatic carbocycles. The minimum atomic E-state index is 0.388. The number of nitrogens with one attached hydrogen (secondary N) is 1. The van der Waals surface area contributed by atoms with Crippen molar-refractivity contribution in [3.05, 3.63) is 0 Å². The minimum absolute atomic E-state index is 0.388. The Morgan fingerprint density at radius 2 is 1.94 bits per heavy atom.